The van der Waals surface area contributed by atoms with Crippen LogP contribution < -0.4 is 16.2 Å². The Morgan fingerprint density at radius 2 is 1.89 bits per heavy atom. The molecule has 0 saturated heterocycles. The molecule has 0 spiro atoms. The fourth-order valence-electron chi connectivity index (χ4n) is 1.51. The Bertz CT molecular complexity index is 647. The summed E-state index contributed by atoms with van der Waals surface area (Å²) in [7, 11) is 0. The monoisotopic (exact) mass is 324 g/mol. The van der Waals surface area contributed by atoms with Crippen LogP contribution in [0.15, 0.2) is 40.9 Å². The van der Waals surface area contributed by atoms with E-state index in [9.17, 15) is 9.18 Å². The average molecular weight is 325 g/mol. The van der Waals surface area contributed by atoms with Gasteiger partial charge >= 0.3 is 0 Å². The number of primary amides is 1. The number of ether oxygens (including phenoxy) is 1. The van der Waals surface area contributed by atoms with Crippen LogP contribution in [0, 0.1) is 5.82 Å². The third kappa shape index (κ3) is 2.85. The number of halogens is 2. The van der Waals surface area contributed by atoms with Crippen molar-refractivity contribution in [2.45, 2.75) is 0 Å². The normalized spacial score (nSPS) is 10.2. The number of carbonyl (C=O) groups excluding carboxylic acids is 1. The molecule has 0 aromatic heterocycles. The standard InChI is InChI=1S/C13H10BrFN2O2/c14-8-5-10(16)12(6-9(8)15)19-11-4-2-1-3-7(11)13(17)18/h1-6H,16H2,(H2,17,18). The zero-order valence-electron chi connectivity index (χ0n) is 9.69. The van der Waals surface area contributed by atoms with Crippen molar-refractivity contribution in [1.82, 2.24) is 0 Å². The molecule has 0 bridgehead atoms. The van der Waals surface area contributed by atoms with Gasteiger partial charge in [-0.1, -0.05) is 12.1 Å². The Labute approximate surface area is 117 Å². The molecule has 0 saturated carbocycles. The Morgan fingerprint density at radius 1 is 1.21 bits per heavy atom. The molecule has 4 N–H and O–H groups in total. The average Bonchev–Trinajstić information content (AvgIpc) is 2.36. The van der Waals surface area contributed by atoms with Crippen molar-refractivity contribution < 1.29 is 13.9 Å². The van der Waals surface area contributed by atoms with E-state index in [1.165, 1.54) is 12.1 Å². The lowest BCUT2D eigenvalue weighted by molar-refractivity contribution is 0.0998. The Morgan fingerprint density at radius 3 is 2.58 bits per heavy atom. The number of hydrogen-bond donors (Lipinski definition) is 2. The summed E-state index contributed by atoms with van der Waals surface area (Å²) in [5.74, 6) is -0.801. The molecule has 0 radical (unpaired) electrons. The second-order valence-electron chi connectivity index (χ2n) is 3.77. The zero-order valence-corrected chi connectivity index (χ0v) is 11.3. The second-order valence-corrected chi connectivity index (χ2v) is 4.62. The van der Waals surface area contributed by atoms with Gasteiger partial charge in [-0.3, -0.25) is 4.79 Å². The number of nitrogen functional groups attached to an aromatic ring is 1. The van der Waals surface area contributed by atoms with Crippen molar-refractivity contribution in [3.8, 4) is 11.5 Å². The van der Waals surface area contributed by atoms with Crippen LogP contribution in [0.5, 0.6) is 11.5 Å². The summed E-state index contributed by atoms with van der Waals surface area (Å²) in [6.45, 7) is 0. The van der Waals surface area contributed by atoms with Gasteiger partial charge in [-0.25, -0.2) is 4.39 Å². The maximum Gasteiger partial charge on any atom is 0.252 e. The van der Waals surface area contributed by atoms with Crippen molar-refractivity contribution in [1.29, 1.82) is 0 Å². The van der Waals surface area contributed by atoms with E-state index in [0.717, 1.165) is 6.07 Å². The zero-order chi connectivity index (χ0) is 14.0. The quantitative estimate of drug-likeness (QED) is 0.851. The molecule has 0 heterocycles. The summed E-state index contributed by atoms with van der Waals surface area (Å²) >= 11 is 3.02. The van der Waals surface area contributed by atoms with Crippen molar-refractivity contribution in [2.75, 3.05) is 5.73 Å². The number of hydrogen-bond acceptors (Lipinski definition) is 3. The van der Waals surface area contributed by atoms with Crippen LogP contribution in [0.3, 0.4) is 0 Å². The number of anilines is 1. The van der Waals surface area contributed by atoms with E-state index >= 15 is 0 Å². The highest BCUT2D eigenvalue weighted by atomic mass is 79.9. The molecule has 1 amide bonds. The molecule has 6 heteroatoms. The third-order valence-electron chi connectivity index (χ3n) is 2.43. The predicted octanol–water partition coefficient (Wildman–Crippen LogP) is 3.06. The largest absolute Gasteiger partial charge is 0.454 e. The molecule has 0 atom stereocenters. The number of nitrogens with two attached hydrogens (primary N) is 2. The Balaban J connectivity index is 2.42. The third-order valence-corrected chi connectivity index (χ3v) is 3.03. The first kappa shape index (κ1) is 13.4. The number of rotatable bonds is 3. The fourth-order valence-corrected chi connectivity index (χ4v) is 1.87. The summed E-state index contributed by atoms with van der Waals surface area (Å²) in [4.78, 5) is 11.2. The van der Waals surface area contributed by atoms with Gasteiger partial charge in [-0.15, -0.1) is 0 Å². The molecule has 0 aliphatic carbocycles. The molecule has 2 aromatic rings. The smallest absolute Gasteiger partial charge is 0.252 e. The van der Waals surface area contributed by atoms with E-state index in [1.807, 2.05) is 0 Å². The fraction of sp³-hybridized carbons (Fsp3) is 0. The van der Waals surface area contributed by atoms with Crippen molar-refractivity contribution in [3.05, 3.63) is 52.3 Å². The lowest BCUT2D eigenvalue weighted by Gasteiger charge is -2.11. The van der Waals surface area contributed by atoms with Gasteiger partial charge in [0.15, 0.2) is 5.75 Å². The highest BCUT2D eigenvalue weighted by Gasteiger charge is 2.12. The SMILES string of the molecule is NC(=O)c1ccccc1Oc1cc(F)c(Br)cc1N. The second kappa shape index (κ2) is 5.27. The van der Waals surface area contributed by atoms with E-state index in [2.05, 4.69) is 15.9 Å². The lowest BCUT2D eigenvalue weighted by atomic mass is 10.2. The minimum atomic E-state index is -0.633. The molecule has 4 nitrogen and oxygen atoms in total. The molecule has 0 fully saturated rings. The van der Waals surface area contributed by atoms with Crippen LogP contribution in [0.2, 0.25) is 0 Å². The molecule has 19 heavy (non-hydrogen) atoms. The topological polar surface area (TPSA) is 78.3 Å². The number of amides is 1. The van der Waals surface area contributed by atoms with E-state index in [1.54, 1.807) is 18.2 Å². The molecule has 0 unspecified atom stereocenters. The van der Waals surface area contributed by atoms with Gasteiger partial charge in [-0.05, 0) is 34.1 Å². The maximum atomic E-state index is 13.4. The van der Waals surface area contributed by atoms with Crippen LogP contribution in [-0.2, 0) is 0 Å². The minimum absolute atomic E-state index is 0.120. The Hall–Kier alpha value is -2.08. The molecule has 0 aliphatic heterocycles. The van der Waals surface area contributed by atoms with Gasteiger partial charge in [0, 0.05) is 6.07 Å². The molecule has 2 aromatic carbocycles. The van der Waals surface area contributed by atoms with Crippen molar-refractivity contribution >= 4 is 27.5 Å². The Kier molecular flexibility index (Phi) is 3.71. The van der Waals surface area contributed by atoms with Crippen LogP contribution >= 0.6 is 15.9 Å². The van der Waals surface area contributed by atoms with Gasteiger partial charge < -0.3 is 16.2 Å². The highest BCUT2D eigenvalue weighted by molar-refractivity contribution is 9.10. The van der Waals surface area contributed by atoms with Gasteiger partial charge in [-0.2, -0.15) is 0 Å². The summed E-state index contributed by atoms with van der Waals surface area (Å²) in [6.07, 6.45) is 0. The molecule has 2 rings (SSSR count). The molecular formula is C13H10BrFN2O2. The van der Waals surface area contributed by atoms with Crippen molar-refractivity contribution in [2.24, 2.45) is 5.73 Å². The van der Waals surface area contributed by atoms with Gasteiger partial charge in [0.05, 0.1) is 15.7 Å². The first-order valence-electron chi connectivity index (χ1n) is 5.30. The van der Waals surface area contributed by atoms with Gasteiger partial charge in [0.1, 0.15) is 11.6 Å². The maximum absolute atomic E-state index is 13.4. The van der Waals surface area contributed by atoms with Crippen molar-refractivity contribution in [3.63, 3.8) is 0 Å². The van der Waals surface area contributed by atoms with E-state index < -0.39 is 11.7 Å². The summed E-state index contributed by atoms with van der Waals surface area (Å²) in [5.41, 5.74) is 11.4. The van der Waals surface area contributed by atoms with Crippen LogP contribution in [-0.4, -0.2) is 5.91 Å². The summed E-state index contributed by atoms with van der Waals surface area (Å²) < 4.78 is 19.1. The van der Waals surface area contributed by atoms with Crippen LogP contribution in [0.1, 0.15) is 10.4 Å². The summed E-state index contributed by atoms with van der Waals surface area (Å²) in [5, 5.41) is 0. The predicted molar refractivity (Wildman–Crippen MR) is 73.5 cm³/mol. The van der Waals surface area contributed by atoms with E-state index in [4.69, 9.17) is 16.2 Å². The van der Waals surface area contributed by atoms with Crippen LogP contribution in [0.25, 0.3) is 0 Å². The molecular weight excluding hydrogens is 315 g/mol. The van der Waals surface area contributed by atoms with Gasteiger partial charge in [0.2, 0.25) is 0 Å². The summed E-state index contributed by atoms with van der Waals surface area (Å²) in [6, 6.07) is 8.92. The van der Waals surface area contributed by atoms with Crippen LogP contribution in [0.4, 0.5) is 10.1 Å². The van der Waals surface area contributed by atoms with E-state index in [0.29, 0.717) is 0 Å². The van der Waals surface area contributed by atoms with Gasteiger partial charge in [0.25, 0.3) is 5.91 Å². The number of para-hydroxylation sites is 1. The van der Waals surface area contributed by atoms with E-state index in [-0.39, 0.29) is 27.2 Å². The lowest BCUT2D eigenvalue weighted by Crippen LogP contribution is -2.12. The number of benzene rings is 2. The highest BCUT2D eigenvalue weighted by Crippen LogP contribution is 2.33. The minimum Gasteiger partial charge on any atom is -0.454 e. The molecule has 98 valence electrons. The molecule has 0 aliphatic rings. The first-order valence-corrected chi connectivity index (χ1v) is 6.09. The number of carbonyl (C=O) groups is 1. The first-order chi connectivity index (χ1) is 8.99.